The standard InChI is InChI=1S/C19H16N6OS.H2/c1-20-18-23-22-15(27-18)12-25-19(26)21-16(13-8-4-2-5-9-13)17(24-25)14-10-6-3-7-11-14;/h2-11H,12H2,1H3,(H,20,23);1H. The van der Waals surface area contributed by atoms with Gasteiger partial charge in [0.15, 0.2) is 0 Å². The Kier molecular flexibility index (Phi) is 4.71. The fourth-order valence-corrected chi connectivity index (χ4v) is 3.33. The van der Waals surface area contributed by atoms with E-state index in [1.165, 1.54) is 16.0 Å². The highest BCUT2D eigenvalue weighted by atomic mass is 32.1. The first-order valence-electron chi connectivity index (χ1n) is 8.35. The van der Waals surface area contributed by atoms with Crippen LogP contribution in [0.5, 0.6) is 0 Å². The van der Waals surface area contributed by atoms with E-state index >= 15 is 0 Å². The molecule has 136 valence electrons. The first-order valence-corrected chi connectivity index (χ1v) is 9.16. The molecule has 0 amide bonds. The summed E-state index contributed by atoms with van der Waals surface area (Å²) in [6.07, 6.45) is 0. The van der Waals surface area contributed by atoms with Crippen LogP contribution in [0.25, 0.3) is 22.5 Å². The van der Waals surface area contributed by atoms with Gasteiger partial charge in [0, 0.05) is 19.6 Å². The zero-order chi connectivity index (χ0) is 18.6. The maximum Gasteiger partial charge on any atom is 0.364 e. The maximum absolute atomic E-state index is 12.6. The zero-order valence-electron chi connectivity index (χ0n) is 14.5. The fourth-order valence-electron chi connectivity index (χ4n) is 2.65. The van der Waals surface area contributed by atoms with E-state index < -0.39 is 5.69 Å². The van der Waals surface area contributed by atoms with Crippen LogP contribution >= 0.6 is 11.3 Å². The molecule has 0 fully saturated rings. The van der Waals surface area contributed by atoms with Crippen molar-refractivity contribution < 1.29 is 1.43 Å². The van der Waals surface area contributed by atoms with E-state index in [4.69, 9.17) is 0 Å². The van der Waals surface area contributed by atoms with Crippen LogP contribution in [0.4, 0.5) is 5.13 Å². The minimum Gasteiger partial charge on any atom is -0.363 e. The second-order valence-corrected chi connectivity index (χ2v) is 6.79. The number of rotatable bonds is 5. The Hall–Kier alpha value is -3.39. The van der Waals surface area contributed by atoms with E-state index in [2.05, 4.69) is 25.6 Å². The lowest BCUT2D eigenvalue weighted by molar-refractivity contribution is 0.614. The average molecular weight is 378 g/mol. The van der Waals surface area contributed by atoms with E-state index in [1.54, 1.807) is 7.05 Å². The summed E-state index contributed by atoms with van der Waals surface area (Å²) in [4.78, 5) is 16.9. The smallest absolute Gasteiger partial charge is 0.363 e. The minimum atomic E-state index is -0.422. The Bertz CT molecular complexity index is 1110. The van der Waals surface area contributed by atoms with Crippen molar-refractivity contribution in [2.24, 2.45) is 0 Å². The monoisotopic (exact) mass is 378 g/mol. The summed E-state index contributed by atoms with van der Waals surface area (Å²) in [5.41, 5.74) is 2.54. The second kappa shape index (κ2) is 7.46. The molecule has 2 aromatic heterocycles. The van der Waals surface area contributed by atoms with Gasteiger partial charge in [-0.25, -0.2) is 9.48 Å². The molecule has 0 saturated heterocycles. The van der Waals surface area contributed by atoms with Crippen LogP contribution in [0, 0.1) is 0 Å². The lowest BCUT2D eigenvalue weighted by atomic mass is 10.0. The van der Waals surface area contributed by atoms with Crippen molar-refractivity contribution in [3.05, 3.63) is 76.2 Å². The highest BCUT2D eigenvalue weighted by Crippen LogP contribution is 2.27. The summed E-state index contributed by atoms with van der Waals surface area (Å²) in [7, 11) is 1.78. The number of benzene rings is 2. The van der Waals surface area contributed by atoms with E-state index in [-0.39, 0.29) is 7.97 Å². The van der Waals surface area contributed by atoms with Gasteiger partial charge in [-0.15, -0.1) is 10.2 Å². The highest BCUT2D eigenvalue weighted by Gasteiger charge is 2.15. The Balaban J connectivity index is 0.00000225. The SMILES string of the molecule is CNc1nnc(Cn2nc(-c3ccccc3)c(-c3ccccc3)nc2=O)s1.[HH]. The summed E-state index contributed by atoms with van der Waals surface area (Å²) in [6, 6.07) is 19.3. The molecule has 0 atom stereocenters. The maximum atomic E-state index is 12.6. The van der Waals surface area contributed by atoms with Crippen LogP contribution < -0.4 is 11.0 Å². The number of anilines is 1. The number of aromatic nitrogens is 5. The molecule has 4 rings (SSSR count). The predicted octanol–water partition coefficient (Wildman–Crippen LogP) is 3.16. The molecule has 2 heterocycles. The van der Waals surface area contributed by atoms with Gasteiger partial charge < -0.3 is 5.32 Å². The van der Waals surface area contributed by atoms with E-state index in [1.807, 2.05) is 60.7 Å². The third-order valence-electron chi connectivity index (χ3n) is 3.93. The Morgan fingerprint density at radius 2 is 1.59 bits per heavy atom. The molecule has 0 bridgehead atoms. The van der Waals surface area contributed by atoms with Crippen molar-refractivity contribution >= 4 is 16.5 Å². The molecule has 0 spiro atoms. The summed E-state index contributed by atoms with van der Waals surface area (Å²) in [6.45, 7) is 0.222. The molecular formula is C19H18N6OS. The molecule has 7 nitrogen and oxygen atoms in total. The second-order valence-electron chi connectivity index (χ2n) is 5.73. The first-order chi connectivity index (χ1) is 13.2. The van der Waals surface area contributed by atoms with Gasteiger partial charge in [0.2, 0.25) is 5.13 Å². The van der Waals surface area contributed by atoms with Crippen molar-refractivity contribution in [1.82, 2.24) is 25.0 Å². The van der Waals surface area contributed by atoms with Crippen molar-refractivity contribution in [2.45, 2.75) is 6.54 Å². The number of hydrogen-bond acceptors (Lipinski definition) is 7. The first kappa shape index (κ1) is 17.0. The Morgan fingerprint density at radius 3 is 2.19 bits per heavy atom. The highest BCUT2D eigenvalue weighted by molar-refractivity contribution is 7.15. The van der Waals surface area contributed by atoms with Crippen LogP contribution in [-0.4, -0.2) is 32.0 Å². The zero-order valence-corrected chi connectivity index (χ0v) is 15.3. The fraction of sp³-hybridized carbons (Fsp3) is 0.105. The normalized spacial score (nSPS) is 10.7. The molecule has 0 radical (unpaired) electrons. The Morgan fingerprint density at radius 1 is 0.963 bits per heavy atom. The summed E-state index contributed by atoms with van der Waals surface area (Å²) in [5, 5.41) is 17.0. The van der Waals surface area contributed by atoms with E-state index in [9.17, 15) is 4.79 Å². The van der Waals surface area contributed by atoms with Crippen molar-refractivity contribution in [3.8, 4) is 22.5 Å². The van der Waals surface area contributed by atoms with Crippen LogP contribution in [0.15, 0.2) is 65.5 Å². The molecule has 0 aliphatic rings. The van der Waals surface area contributed by atoms with Gasteiger partial charge in [0.1, 0.15) is 22.9 Å². The van der Waals surface area contributed by atoms with Crippen molar-refractivity contribution in [3.63, 3.8) is 0 Å². The van der Waals surface area contributed by atoms with Gasteiger partial charge in [-0.1, -0.05) is 72.0 Å². The molecule has 0 aliphatic heterocycles. The summed E-state index contributed by atoms with van der Waals surface area (Å²) >= 11 is 1.38. The minimum absolute atomic E-state index is 0. The Labute approximate surface area is 160 Å². The van der Waals surface area contributed by atoms with Gasteiger partial charge in [-0.2, -0.15) is 10.1 Å². The van der Waals surface area contributed by atoms with E-state index in [0.717, 1.165) is 11.1 Å². The molecular weight excluding hydrogens is 360 g/mol. The third-order valence-corrected chi connectivity index (χ3v) is 4.86. The molecule has 0 unspecified atom stereocenters. The topological polar surface area (TPSA) is 85.6 Å². The van der Waals surface area contributed by atoms with Gasteiger partial charge >= 0.3 is 5.69 Å². The largest absolute Gasteiger partial charge is 0.364 e. The summed E-state index contributed by atoms with van der Waals surface area (Å²) in [5.74, 6) is 0. The van der Waals surface area contributed by atoms with E-state index in [0.29, 0.717) is 21.5 Å². The predicted molar refractivity (Wildman–Crippen MR) is 108 cm³/mol. The lowest BCUT2D eigenvalue weighted by Gasteiger charge is -2.10. The molecule has 0 saturated carbocycles. The quantitative estimate of drug-likeness (QED) is 0.574. The lowest BCUT2D eigenvalue weighted by Crippen LogP contribution is -2.27. The van der Waals surface area contributed by atoms with Gasteiger partial charge in [-0.05, 0) is 0 Å². The number of nitrogens with one attached hydrogen (secondary N) is 1. The summed E-state index contributed by atoms with van der Waals surface area (Å²) < 4.78 is 1.33. The van der Waals surface area contributed by atoms with Crippen LogP contribution in [0.2, 0.25) is 0 Å². The van der Waals surface area contributed by atoms with Crippen LogP contribution in [0.1, 0.15) is 6.43 Å². The van der Waals surface area contributed by atoms with Gasteiger partial charge in [-0.3, -0.25) is 0 Å². The van der Waals surface area contributed by atoms with Gasteiger partial charge in [0.05, 0.1) is 0 Å². The van der Waals surface area contributed by atoms with Crippen molar-refractivity contribution in [2.75, 3.05) is 12.4 Å². The molecule has 4 aromatic rings. The van der Waals surface area contributed by atoms with Crippen LogP contribution in [0.3, 0.4) is 0 Å². The van der Waals surface area contributed by atoms with Gasteiger partial charge in [0.25, 0.3) is 0 Å². The molecule has 27 heavy (non-hydrogen) atoms. The van der Waals surface area contributed by atoms with Crippen LogP contribution in [-0.2, 0) is 6.54 Å². The average Bonchev–Trinajstić information content (AvgIpc) is 3.18. The molecule has 1 N–H and O–H groups in total. The molecule has 0 aliphatic carbocycles. The molecule has 8 heteroatoms. The number of hydrogen-bond donors (Lipinski definition) is 1. The van der Waals surface area contributed by atoms with Crippen molar-refractivity contribution in [1.29, 1.82) is 0 Å². The molecule has 2 aromatic carbocycles. The number of nitrogens with zero attached hydrogens (tertiary/aromatic N) is 5. The third kappa shape index (κ3) is 3.61.